The molecule has 0 fully saturated rings. The number of rotatable bonds is 2. The van der Waals surface area contributed by atoms with E-state index in [0.717, 1.165) is 4.90 Å². The van der Waals surface area contributed by atoms with Crippen LogP contribution in [0.2, 0.25) is 0 Å². The van der Waals surface area contributed by atoms with E-state index in [-0.39, 0.29) is 5.44 Å². The Kier molecular flexibility index (Phi) is 2.97. The molecule has 60 valence electrons. The van der Waals surface area contributed by atoms with E-state index < -0.39 is 0 Å². The molecule has 0 saturated carbocycles. The van der Waals surface area contributed by atoms with Crippen molar-refractivity contribution in [2.24, 2.45) is 0 Å². The molecule has 0 aliphatic rings. The molecule has 0 aliphatic heterocycles. The van der Waals surface area contributed by atoms with E-state index >= 15 is 0 Å². The molecule has 1 aromatic rings. The molecule has 0 bridgehead atoms. The summed E-state index contributed by atoms with van der Waals surface area (Å²) >= 11 is 1.47. The lowest BCUT2D eigenvalue weighted by Crippen LogP contribution is -1.90. The molecule has 0 saturated heterocycles. The van der Waals surface area contributed by atoms with E-state index in [4.69, 9.17) is 5.11 Å². The molecule has 1 rings (SSSR count). The van der Waals surface area contributed by atoms with Crippen molar-refractivity contribution in [1.82, 2.24) is 0 Å². The monoisotopic (exact) mass is 168 g/mol. The van der Waals surface area contributed by atoms with Crippen LogP contribution in [0.4, 0.5) is 0 Å². The molecule has 1 aromatic carbocycles. The number of hydrogen-bond donors (Lipinski definition) is 1. The first kappa shape index (κ1) is 8.62. The Bertz CT molecular complexity index is 233. The van der Waals surface area contributed by atoms with Crippen LogP contribution in [0.3, 0.4) is 0 Å². The summed E-state index contributed by atoms with van der Waals surface area (Å²) in [6, 6.07) is 8.12. The number of thioether (sulfide) groups is 1. The summed E-state index contributed by atoms with van der Waals surface area (Å²) in [5.41, 5.74) is 0.910. The molecule has 11 heavy (non-hydrogen) atoms. The van der Waals surface area contributed by atoms with Gasteiger partial charge in [-0.2, -0.15) is 0 Å². The normalized spacial score (nSPS) is 13.0. The summed E-state index contributed by atoms with van der Waals surface area (Å²) in [6.45, 7) is 3.82. The molecule has 0 spiro atoms. The number of benzene rings is 1. The van der Waals surface area contributed by atoms with Crippen LogP contribution in [0.1, 0.15) is 12.5 Å². The topological polar surface area (TPSA) is 20.2 Å². The second kappa shape index (κ2) is 3.79. The molecule has 0 unspecified atom stereocenters. The maximum atomic E-state index is 9.06. The summed E-state index contributed by atoms with van der Waals surface area (Å²) in [5, 5.41) is 9.06. The third-order valence-corrected chi connectivity index (χ3v) is 2.16. The van der Waals surface area contributed by atoms with Crippen LogP contribution in [0.25, 0.3) is 0 Å². The molecular formula is C9H12OS. The molecule has 0 heterocycles. The minimum atomic E-state index is -0.322. The smallest absolute Gasteiger partial charge is 0.101 e. The molecule has 1 N–H and O–H groups in total. The Morgan fingerprint density at radius 1 is 1.45 bits per heavy atom. The fourth-order valence-corrected chi connectivity index (χ4v) is 1.69. The van der Waals surface area contributed by atoms with Crippen LogP contribution in [0, 0.1) is 6.92 Å². The average Bonchev–Trinajstić information content (AvgIpc) is 1.85. The minimum Gasteiger partial charge on any atom is -0.382 e. The molecule has 1 nitrogen and oxygen atoms in total. The maximum absolute atomic E-state index is 9.06. The quantitative estimate of drug-likeness (QED) is 0.540. The first-order valence-corrected chi connectivity index (χ1v) is 4.48. The van der Waals surface area contributed by atoms with Crippen LogP contribution < -0.4 is 0 Å². The molecular weight excluding hydrogens is 156 g/mol. The van der Waals surface area contributed by atoms with Crippen LogP contribution in [-0.2, 0) is 0 Å². The lowest BCUT2D eigenvalue weighted by molar-refractivity contribution is 0.284. The van der Waals surface area contributed by atoms with Gasteiger partial charge in [-0.15, -0.1) is 0 Å². The van der Waals surface area contributed by atoms with Crippen LogP contribution in [-0.4, -0.2) is 10.5 Å². The van der Waals surface area contributed by atoms with Crippen molar-refractivity contribution in [2.75, 3.05) is 0 Å². The van der Waals surface area contributed by atoms with Crippen molar-refractivity contribution in [3.8, 4) is 0 Å². The zero-order valence-corrected chi connectivity index (χ0v) is 7.56. The van der Waals surface area contributed by atoms with Gasteiger partial charge in [-0.1, -0.05) is 29.5 Å². The van der Waals surface area contributed by atoms with E-state index in [1.165, 1.54) is 17.3 Å². The third-order valence-electron chi connectivity index (χ3n) is 1.30. The summed E-state index contributed by atoms with van der Waals surface area (Å²) in [4.78, 5) is 1.13. The molecule has 2 heteroatoms. The van der Waals surface area contributed by atoms with Gasteiger partial charge in [0.15, 0.2) is 0 Å². The number of hydrogen-bond acceptors (Lipinski definition) is 2. The van der Waals surface area contributed by atoms with E-state index in [2.05, 4.69) is 6.07 Å². The van der Waals surface area contributed by atoms with Crippen molar-refractivity contribution in [3.63, 3.8) is 0 Å². The largest absolute Gasteiger partial charge is 0.382 e. The third kappa shape index (κ3) is 2.95. The summed E-state index contributed by atoms with van der Waals surface area (Å²) < 4.78 is 0. The van der Waals surface area contributed by atoms with Crippen molar-refractivity contribution in [2.45, 2.75) is 24.2 Å². The van der Waals surface area contributed by atoms with Gasteiger partial charge in [0.2, 0.25) is 0 Å². The minimum absolute atomic E-state index is 0.322. The van der Waals surface area contributed by atoms with Crippen molar-refractivity contribution < 1.29 is 5.11 Å². The maximum Gasteiger partial charge on any atom is 0.101 e. The molecule has 1 atom stereocenters. The summed E-state index contributed by atoms with van der Waals surface area (Å²) in [5.74, 6) is 0. The van der Waals surface area contributed by atoms with Crippen molar-refractivity contribution >= 4 is 11.8 Å². The van der Waals surface area contributed by atoms with E-state index in [1.807, 2.05) is 25.1 Å². The molecule has 0 amide bonds. The Balaban J connectivity index is 2.71. The number of aliphatic hydroxyl groups excluding tert-OH is 1. The SMILES string of the molecule is Cc1cccc(S[C@H](C)O)c1. The van der Waals surface area contributed by atoms with E-state index in [9.17, 15) is 0 Å². The highest BCUT2D eigenvalue weighted by molar-refractivity contribution is 7.99. The van der Waals surface area contributed by atoms with Gasteiger partial charge in [-0.3, -0.25) is 0 Å². The Morgan fingerprint density at radius 2 is 2.18 bits per heavy atom. The summed E-state index contributed by atoms with van der Waals surface area (Å²) in [6.07, 6.45) is 0. The lowest BCUT2D eigenvalue weighted by Gasteiger charge is -2.03. The standard InChI is InChI=1S/C9H12OS/c1-7-4-3-5-9(6-7)11-8(2)10/h3-6,8,10H,1-2H3/t8-/m1/s1. The predicted molar refractivity (Wildman–Crippen MR) is 48.7 cm³/mol. The van der Waals surface area contributed by atoms with Gasteiger partial charge in [-0.05, 0) is 26.0 Å². The molecule has 0 aromatic heterocycles. The van der Waals surface area contributed by atoms with Gasteiger partial charge in [0.05, 0.1) is 0 Å². The highest BCUT2D eigenvalue weighted by Crippen LogP contribution is 2.21. The fourth-order valence-electron chi connectivity index (χ4n) is 0.886. The molecule has 0 radical (unpaired) electrons. The van der Waals surface area contributed by atoms with Gasteiger partial charge < -0.3 is 5.11 Å². The second-order valence-corrected chi connectivity index (χ2v) is 3.92. The number of aliphatic hydroxyl groups is 1. The highest BCUT2D eigenvalue weighted by Gasteiger charge is 1.97. The summed E-state index contributed by atoms with van der Waals surface area (Å²) in [7, 11) is 0. The zero-order chi connectivity index (χ0) is 8.27. The van der Waals surface area contributed by atoms with Gasteiger partial charge in [0.25, 0.3) is 0 Å². The Hall–Kier alpha value is -0.470. The first-order chi connectivity index (χ1) is 5.18. The van der Waals surface area contributed by atoms with Crippen molar-refractivity contribution in [3.05, 3.63) is 29.8 Å². The Labute approximate surface area is 71.4 Å². The van der Waals surface area contributed by atoms with E-state index in [0.29, 0.717) is 0 Å². The van der Waals surface area contributed by atoms with Gasteiger partial charge in [-0.25, -0.2) is 0 Å². The highest BCUT2D eigenvalue weighted by atomic mass is 32.2. The number of aryl methyl sites for hydroxylation is 1. The van der Waals surface area contributed by atoms with Crippen LogP contribution >= 0.6 is 11.8 Å². The fraction of sp³-hybridized carbons (Fsp3) is 0.333. The predicted octanol–water partition coefficient (Wildman–Crippen LogP) is 2.43. The van der Waals surface area contributed by atoms with Crippen molar-refractivity contribution in [1.29, 1.82) is 0 Å². The van der Waals surface area contributed by atoms with Gasteiger partial charge in [0.1, 0.15) is 5.44 Å². The Morgan fingerprint density at radius 3 is 2.73 bits per heavy atom. The van der Waals surface area contributed by atoms with Crippen LogP contribution in [0.15, 0.2) is 29.2 Å². The zero-order valence-electron chi connectivity index (χ0n) is 6.74. The average molecular weight is 168 g/mol. The first-order valence-electron chi connectivity index (χ1n) is 3.60. The van der Waals surface area contributed by atoms with Crippen LogP contribution in [0.5, 0.6) is 0 Å². The van der Waals surface area contributed by atoms with E-state index in [1.54, 1.807) is 6.92 Å². The van der Waals surface area contributed by atoms with Gasteiger partial charge in [0, 0.05) is 4.90 Å². The second-order valence-electron chi connectivity index (χ2n) is 2.53. The van der Waals surface area contributed by atoms with Gasteiger partial charge >= 0.3 is 0 Å². The molecule has 0 aliphatic carbocycles. The lowest BCUT2D eigenvalue weighted by atomic mass is 10.2.